The van der Waals surface area contributed by atoms with Gasteiger partial charge in [-0.05, 0) is 19.3 Å². The molecule has 0 unspecified atom stereocenters. The molecule has 0 saturated carbocycles. The van der Waals surface area contributed by atoms with Crippen LogP contribution >= 0.6 is 11.6 Å². The third-order valence-corrected chi connectivity index (χ3v) is 1.28. The molecule has 0 aromatic carbocycles. The summed E-state index contributed by atoms with van der Waals surface area (Å²) in [7, 11) is 0. The average Bonchev–Trinajstić information content (AvgIpc) is 1.89. The van der Waals surface area contributed by atoms with Crippen molar-refractivity contribution in [3.05, 3.63) is 19.1 Å². The SMILES string of the molecule is [CH2]CCC/C=C/CCCl. The summed E-state index contributed by atoms with van der Waals surface area (Å²) in [4.78, 5) is 0. The van der Waals surface area contributed by atoms with Gasteiger partial charge < -0.3 is 0 Å². The molecule has 0 amide bonds. The van der Waals surface area contributed by atoms with E-state index in [0.717, 1.165) is 25.1 Å². The van der Waals surface area contributed by atoms with Crippen molar-refractivity contribution in [2.24, 2.45) is 0 Å². The van der Waals surface area contributed by atoms with Gasteiger partial charge in [-0.3, -0.25) is 0 Å². The standard InChI is InChI=1S/C8H14Cl/c1-2-3-4-5-6-7-8-9/h5-6H,1-4,7-8H2/b6-5+. The highest BCUT2D eigenvalue weighted by molar-refractivity contribution is 6.17. The van der Waals surface area contributed by atoms with E-state index < -0.39 is 0 Å². The summed E-state index contributed by atoms with van der Waals surface area (Å²) in [6.45, 7) is 3.74. The molecule has 0 N–H and O–H groups in total. The molecule has 0 spiro atoms. The second-order valence-corrected chi connectivity index (χ2v) is 2.32. The van der Waals surface area contributed by atoms with E-state index in [1.807, 2.05) is 0 Å². The molecule has 0 aliphatic heterocycles. The number of alkyl halides is 1. The molecule has 0 aliphatic carbocycles. The number of allylic oxidation sites excluding steroid dienone is 2. The third-order valence-electron chi connectivity index (χ3n) is 1.06. The van der Waals surface area contributed by atoms with Crippen molar-refractivity contribution in [3.8, 4) is 0 Å². The topological polar surface area (TPSA) is 0 Å². The van der Waals surface area contributed by atoms with E-state index in [1.165, 1.54) is 6.42 Å². The quantitative estimate of drug-likeness (QED) is 0.317. The molecule has 1 heteroatoms. The fourth-order valence-corrected chi connectivity index (χ4v) is 0.687. The molecular weight excluding hydrogens is 132 g/mol. The number of rotatable bonds is 5. The van der Waals surface area contributed by atoms with Gasteiger partial charge >= 0.3 is 0 Å². The minimum absolute atomic E-state index is 0.737. The fraction of sp³-hybridized carbons (Fsp3) is 0.625. The molecule has 0 aliphatic rings. The minimum atomic E-state index is 0.737. The molecule has 0 fully saturated rings. The largest absolute Gasteiger partial charge is 0.126 e. The summed E-state index contributed by atoms with van der Waals surface area (Å²) in [5.41, 5.74) is 0. The summed E-state index contributed by atoms with van der Waals surface area (Å²) in [6.07, 6.45) is 8.68. The smallest absolute Gasteiger partial charge is 0.0257 e. The van der Waals surface area contributed by atoms with Crippen molar-refractivity contribution in [3.63, 3.8) is 0 Å². The zero-order valence-electron chi connectivity index (χ0n) is 5.78. The molecular formula is C8H14Cl. The van der Waals surface area contributed by atoms with Crippen LogP contribution in [0.2, 0.25) is 0 Å². The zero-order valence-corrected chi connectivity index (χ0v) is 6.53. The lowest BCUT2D eigenvalue weighted by molar-refractivity contribution is 0.863. The van der Waals surface area contributed by atoms with Gasteiger partial charge in [0.25, 0.3) is 0 Å². The van der Waals surface area contributed by atoms with Gasteiger partial charge in [0.05, 0.1) is 0 Å². The molecule has 0 saturated heterocycles. The lowest BCUT2D eigenvalue weighted by Crippen LogP contribution is -1.69. The van der Waals surface area contributed by atoms with E-state index in [4.69, 9.17) is 11.6 Å². The molecule has 0 bridgehead atoms. The van der Waals surface area contributed by atoms with Gasteiger partial charge in [-0.1, -0.05) is 25.5 Å². The van der Waals surface area contributed by atoms with E-state index in [0.29, 0.717) is 0 Å². The Kier molecular flexibility index (Phi) is 8.06. The van der Waals surface area contributed by atoms with Crippen LogP contribution in [0.5, 0.6) is 0 Å². The number of hydrogen-bond donors (Lipinski definition) is 0. The maximum atomic E-state index is 5.45. The molecule has 0 nitrogen and oxygen atoms in total. The Hall–Kier alpha value is 0.0300. The maximum Gasteiger partial charge on any atom is 0.0257 e. The van der Waals surface area contributed by atoms with Gasteiger partial charge in [-0.2, -0.15) is 0 Å². The Bertz CT molecular complexity index is 67.0. The molecule has 9 heavy (non-hydrogen) atoms. The highest BCUT2D eigenvalue weighted by Crippen LogP contribution is 1.96. The second kappa shape index (κ2) is 8.03. The monoisotopic (exact) mass is 145 g/mol. The van der Waals surface area contributed by atoms with Crippen LogP contribution < -0.4 is 0 Å². The van der Waals surface area contributed by atoms with Gasteiger partial charge in [0.15, 0.2) is 0 Å². The van der Waals surface area contributed by atoms with Gasteiger partial charge in [0.2, 0.25) is 0 Å². The summed E-state index contributed by atoms with van der Waals surface area (Å²) in [5, 5.41) is 0. The van der Waals surface area contributed by atoms with Crippen LogP contribution in [0.25, 0.3) is 0 Å². The van der Waals surface area contributed by atoms with Crippen LogP contribution in [-0.2, 0) is 0 Å². The van der Waals surface area contributed by atoms with Gasteiger partial charge in [-0.25, -0.2) is 0 Å². The highest BCUT2D eigenvalue weighted by Gasteiger charge is 1.77. The molecule has 0 aromatic rings. The van der Waals surface area contributed by atoms with Crippen molar-refractivity contribution in [2.45, 2.75) is 25.7 Å². The summed E-state index contributed by atoms with van der Waals surface area (Å²) >= 11 is 5.45. The Balaban J connectivity index is 2.86. The number of hydrogen-bond acceptors (Lipinski definition) is 0. The van der Waals surface area contributed by atoms with Crippen LogP contribution in [0.4, 0.5) is 0 Å². The molecule has 0 heterocycles. The number of unbranched alkanes of at least 4 members (excludes halogenated alkanes) is 2. The Morgan fingerprint density at radius 1 is 1.22 bits per heavy atom. The predicted octanol–water partition coefficient (Wildman–Crippen LogP) is 3.18. The van der Waals surface area contributed by atoms with Crippen LogP contribution in [0.1, 0.15) is 25.7 Å². The molecule has 0 atom stereocenters. The van der Waals surface area contributed by atoms with Crippen molar-refractivity contribution in [2.75, 3.05) is 5.88 Å². The summed E-state index contributed by atoms with van der Waals surface area (Å²) in [6, 6.07) is 0. The third kappa shape index (κ3) is 8.03. The van der Waals surface area contributed by atoms with Crippen LogP contribution in [0, 0.1) is 6.92 Å². The van der Waals surface area contributed by atoms with E-state index in [9.17, 15) is 0 Å². The van der Waals surface area contributed by atoms with Crippen LogP contribution in [0.3, 0.4) is 0 Å². The molecule has 0 rings (SSSR count). The predicted molar refractivity (Wildman–Crippen MR) is 43.7 cm³/mol. The first kappa shape index (κ1) is 9.03. The first-order chi connectivity index (χ1) is 4.41. The zero-order chi connectivity index (χ0) is 6.95. The van der Waals surface area contributed by atoms with Crippen LogP contribution in [0.15, 0.2) is 12.2 Å². The number of halogens is 1. The normalized spacial score (nSPS) is 10.9. The minimum Gasteiger partial charge on any atom is -0.126 e. The van der Waals surface area contributed by atoms with Crippen molar-refractivity contribution in [1.82, 2.24) is 0 Å². The van der Waals surface area contributed by atoms with Crippen LogP contribution in [-0.4, -0.2) is 5.88 Å². The molecule has 1 radical (unpaired) electrons. The van der Waals surface area contributed by atoms with Crippen molar-refractivity contribution in [1.29, 1.82) is 0 Å². The van der Waals surface area contributed by atoms with Crippen molar-refractivity contribution >= 4 is 11.6 Å². The summed E-state index contributed by atoms with van der Waals surface area (Å²) < 4.78 is 0. The highest BCUT2D eigenvalue weighted by atomic mass is 35.5. The van der Waals surface area contributed by atoms with E-state index >= 15 is 0 Å². The Morgan fingerprint density at radius 2 is 1.89 bits per heavy atom. The van der Waals surface area contributed by atoms with Gasteiger partial charge in [-0.15, -0.1) is 11.6 Å². The first-order valence-electron chi connectivity index (χ1n) is 3.42. The van der Waals surface area contributed by atoms with E-state index in [-0.39, 0.29) is 0 Å². The lowest BCUT2D eigenvalue weighted by atomic mass is 10.2. The second-order valence-electron chi connectivity index (χ2n) is 1.94. The van der Waals surface area contributed by atoms with Gasteiger partial charge in [0.1, 0.15) is 0 Å². The lowest BCUT2D eigenvalue weighted by Gasteiger charge is -1.86. The fourth-order valence-electron chi connectivity index (χ4n) is 0.561. The maximum absolute atomic E-state index is 5.45. The van der Waals surface area contributed by atoms with Gasteiger partial charge in [0, 0.05) is 5.88 Å². The first-order valence-corrected chi connectivity index (χ1v) is 3.95. The Morgan fingerprint density at radius 3 is 2.44 bits per heavy atom. The summed E-state index contributed by atoms with van der Waals surface area (Å²) in [5.74, 6) is 0.737. The average molecular weight is 146 g/mol. The molecule has 0 aromatic heterocycles. The Labute approximate surface area is 62.9 Å². The van der Waals surface area contributed by atoms with E-state index in [2.05, 4.69) is 19.1 Å². The molecule has 53 valence electrons. The van der Waals surface area contributed by atoms with E-state index in [1.54, 1.807) is 0 Å². The van der Waals surface area contributed by atoms with Crippen molar-refractivity contribution < 1.29 is 0 Å².